The maximum Gasteiger partial charge on any atom is 0.244 e. The highest BCUT2D eigenvalue weighted by molar-refractivity contribution is 5.91. The SMILES string of the molecule is CCC(=CCCN(C)C)C(N)=O. The molecule has 0 fully saturated rings. The Morgan fingerprint density at radius 1 is 1.50 bits per heavy atom. The molecule has 0 aliphatic heterocycles. The van der Waals surface area contributed by atoms with Crippen molar-refractivity contribution in [1.29, 1.82) is 0 Å². The fourth-order valence-corrected chi connectivity index (χ4v) is 0.916. The van der Waals surface area contributed by atoms with Gasteiger partial charge in [0.1, 0.15) is 0 Å². The third kappa shape index (κ3) is 4.91. The van der Waals surface area contributed by atoms with Crippen LogP contribution in [-0.2, 0) is 4.79 Å². The maximum atomic E-state index is 10.7. The van der Waals surface area contributed by atoms with Gasteiger partial charge in [0.25, 0.3) is 0 Å². The quantitative estimate of drug-likeness (QED) is 0.619. The van der Waals surface area contributed by atoms with Crippen LogP contribution >= 0.6 is 0 Å². The Morgan fingerprint density at radius 3 is 2.42 bits per heavy atom. The molecular formula is C9H18N2O. The first-order valence-electron chi connectivity index (χ1n) is 4.21. The molecule has 2 N–H and O–H groups in total. The normalized spacial score (nSPS) is 12.2. The smallest absolute Gasteiger partial charge is 0.244 e. The summed E-state index contributed by atoms with van der Waals surface area (Å²) in [4.78, 5) is 12.8. The van der Waals surface area contributed by atoms with Crippen molar-refractivity contribution in [2.45, 2.75) is 19.8 Å². The molecule has 0 atom stereocenters. The highest BCUT2D eigenvalue weighted by Gasteiger charge is 1.99. The molecule has 0 radical (unpaired) electrons. The summed E-state index contributed by atoms with van der Waals surface area (Å²) < 4.78 is 0. The average Bonchev–Trinajstić information content (AvgIpc) is 1.96. The summed E-state index contributed by atoms with van der Waals surface area (Å²) in [6.45, 7) is 2.89. The molecule has 0 aliphatic carbocycles. The summed E-state index contributed by atoms with van der Waals surface area (Å²) in [5.41, 5.74) is 5.88. The first-order valence-corrected chi connectivity index (χ1v) is 4.21. The van der Waals surface area contributed by atoms with E-state index < -0.39 is 0 Å². The minimum atomic E-state index is -0.295. The summed E-state index contributed by atoms with van der Waals surface area (Å²) in [6, 6.07) is 0. The molecule has 0 saturated carbocycles. The van der Waals surface area contributed by atoms with Gasteiger partial charge in [-0.15, -0.1) is 0 Å². The Morgan fingerprint density at radius 2 is 2.08 bits per heavy atom. The number of amides is 1. The molecule has 0 aromatic heterocycles. The molecule has 0 bridgehead atoms. The van der Waals surface area contributed by atoms with Crippen LogP contribution in [0.2, 0.25) is 0 Å². The Kier molecular flexibility index (Phi) is 5.37. The van der Waals surface area contributed by atoms with Crippen LogP contribution in [0.25, 0.3) is 0 Å². The number of nitrogens with zero attached hydrogens (tertiary/aromatic N) is 1. The number of hydrogen-bond acceptors (Lipinski definition) is 2. The number of carbonyl (C=O) groups excluding carboxylic acids is 1. The van der Waals surface area contributed by atoms with E-state index in [4.69, 9.17) is 5.73 Å². The zero-order valence-electron chi connectivity index (χ0n) is 8.13. The minimum Gasteiger partial charge on any atom is -0.366 e. The molecular weight excluding hydrogens is 152 g/mol. The standard InChI is InChI=1S/C9H18N2O/c1-4-8(9(10)12)6-5-7-11(2)3/h6H,4-5,7H2,1-3H3,(H2,10,12). The summed E-state index contributed by atoms with van der Waals surface area (Å²) >= 11 is 0. The van der Waals surface area contributed by atoms with Crippen molar-refractivity contribution in [3.8, 4) is 0 Å². The predicted molar refractivity (Wildman–Crippen MR) is 50.7 cm³/mol. The predicted octanol–water partition coefficient (Wildman–Crippen LogP) is 0.760. The van der Waals surface area contributed by atoms with E-state index in [2.05, 4.69) is 4.90 Å². The van der Waals surface area contributed by atoms with Crippen molar-refractivity contribution >= 4 is 5.91 Å². The van der Waals surface area contributed by atoms with Crippen LogP contribution in [0.3, 0.4) is 0 Å². The molecule has 70 valence electrons. The van der Waals surface area contributed by atoms with Crippen molar-refractivity contribution in [1.82, 2.24) is 4.90 Å². The number of carbonyl (C=O) groups is 1. The van der Waals surface area contributed by atoms with Gasteiger partial charge < -0.3 is 10.6 Å². The number of nitrogens with two attached hydrogens (primary N) is 1. The number of primary amides is 1. The zero-order chi connectivity index (χ0) is 9.56. The summed E-state index contributed by atoms with van der Waals surface area (Å²) in [7, 11) is 4.01. The number of hydrogen-bond donors (Lipinski definition) is 1. The maximum absolute atomic E-state index is 10.7. The lowest BCUT2D eigenvalue weighted by atomic mass is 10.1. The van der Waals surface area contributed by atoms with Gasteiger partial charge in [0.05, 0.1) is 0 Å². The molecule has 0 aromatic rings. The van der Waals surface area contributed by atoms with E-state index >= 15 is 0 Å². The molecule has 3 heteroatoms. The van der Waals surface area contributed by atoms with E-state index in [9.17, 15) is 4.79 Å². The lowest BCUT2D eigenvalue weighted by Gasteiger charge is -2.06. The molecule has 0 aliphatic rings. The van der Waals surface area contributed by atoms with Gasteiger partial charge in [0.2, 0.25) is 5.91 Å². The first-order chi connectivity index (χ1) is 5.57. The van der Waals surface area contributed by atoms with Crippen LogP contribution in [0.15, 0.2) is 11.6 Å². The zero-order valence-corrected chi connectivity index (χ0v) is 8.13. The second kappa shape index (κ2) is 5.77. The summed E-state index contributed by atoms with van der Waals surface area (Å²) in [6.07, 6.45) is 3.53. The fourth-order valence-electron chi connectivity index (χ4n) is 0.916. The molecule has 3 nitrogen and oxygen atoms in total. The minimum absolute atomic E-state index is 0.295. The van der Waals surface area contributed by atoms with Gasteiger partial charge in [0.15, 0.2) is 0 Å². The van der Waals surface area contributed by atoms with Crippen molar-refractivity contribution in [2.24, 2.45) is 5.73 Å². The lowest BCUT2D eigenvalue weighted by molar-refractivity contribution is -0.114. The van der Waals surface area contributed by atoms with Crippen molar-refractivity contribution in [3.63, 3.8) is 0 Å². The van der Waals surface area contributed by atoms with Crippen molar-refractivity contribution in [2.75, 3.05) is 20.6 Å². The highest BCUT2D eigenvalue weighted by atomic mass is 16.1. The van der Waals surface area contributed by atoms with Crippen LogP contribution in [-0.4, -0.2) is 31.4 Å². The van der Waals surface area contributed by atoms with E-state index in [1.807, 2.05) is 27.1 Å². The van der Waals surface area contributed by atoms with E-state index in [1.165, 1.54) is 0 Å². The third-order valence-electron chi connectivity index (χ3n) is 1.66. The van der Waals surface area contributed by atoms with Crippen molar-refractivity contribution < 1.29 is 4.79 Å². The molecule has 0 spiro atoms. The van der Waals surface area contributed by atoms with E-state index in [0.29, 0.717) is 0 Å². The monoisotopic (exact) mass is 170 g/mol. The first kappa shape index (κ1) is 11.2. The van der Waals surface area contributed by atoms with Gasteiger partial charge in [0, 0.05) is 12.1 Å². The largest absolute Gasteiger partial charge is 0.366 e. The second-order valence-corrected chi connectivity index (χ2v) is 3.04. The Hall–Kier alpha value is -0.830. The number of rotatable bonds is 5. The molecule has 0 aromatic carbocycles. The van der Waals surface area contributed by atoms with E-state index in [1.54, 1.807) is 0 Å². The molecule has 0 unspecified atom stereocenters. The Bertz CT molecular complexity index is 173. The molecule has 0 heterocycles. The topological polar surface area (TPSA) is 46.3 Å². The van der Waals surface area contributed by atoms with Crippen LogP contribution < -0.4 is 5.73 Å². The van der Waals surface area contributed by atoms with Gasteiger partial charge in [-0.1, -0.05) is 13.0 Å². The van der Waals surface area contributed by atoms with E-state index in [0.717, 1.165) is 25.0 Å². The van der Waals surface area contributed by atoms with Gasteiger partial charge >= 0.3 is 0 Å². The Balaban J connectivity index is 3.87. The Labute approximate surface area is 74.2 Å². The molecule has 1 amide bonds. The van der Waals surface area contributed by atoms with Gasteiger partial charge in [-0.25, -0.2) is 0 Å². The van der Waals surface area contributed by atoms with Crippen LogP contribution in [0, 0.1) is 0 Å². The fraction of sp³-hybridized carbons (Fsp3) is 0.667. The van der Waals surface area contributed by atoms with E-state index in [-0.39, 0.29) is 5.91 Å². The molecule has 0 rings (SSSR count). The van der Waals surface area contributed by atoms with Gasteiger partial charge in [-0.05, 0) is 26.9 Å². The van der Waals surface area contributed by atoms with Crippen LogP contribution in [0.5, 0.6) is 0 Å². The molecule has 12 heavy (non-hydrogen) atoms. The van der Waals surface area contributed by atoms with Gasteiger partial charge in [-0.2, -0.15) is 0 Å². The highest BCUT2D eigenvalue weighted by Crippen LogP contribution is 2.00. The molecule has 0 saturated heterocycles. The average molecular weight is 170 g/mol. The third-order valence-corrected chi connectivity index (χ3v) is 1.66. The van der Waals surface area contributed by atoms with Crippen molar-refractivity contribution in [3.05, 3.63) is 11.6 Å². The van der Waals surface area contributed by atoms with Gasteiger partial charge in [-0.3, -0.25) is 4.79 Å². The van der Waals surface area contributed by atoms with Crippen LogP contribution in [0.4, 0.5) is 0 Å². The second-order valence-electron chi connectivity index (χ2n) is 3.04. The summed E-state index contributed by atoms with van der Waals surface area (Å²) in [5.74, 6) is -0.295. The lowest BCUT2D eigenvalue weighted by Crippen LogP contribution is -2.15. The summed E-state index contributed by atoms with van der Waals surface area (Å²) in [5, 5.41) is 0. The van der Waals surface area contributed by atoms with Crippen LogP contribution in [0.1, 0.15) is 19.8 Å².